The Morgan fingerprint density at radius 3 is 3.00 bits per heavy atom. The maximum Gasteiger partial charge on any atom is 0.150 e. The number of nitrogens with zero attached hydrogens (tertiary/aromatic N) is 1. The van der Waals surface area contributed by atoms with Gasteiger partial charge >= 0.3 is 0 Å². The largest absolute Gasteiger partial charge is 0.455 e. The molecule has 17 heavy (non-hydrogen) atoms. The molecule has 0 amide bonds. The van der Waals surface area contributed by atoms with Gasteiger partial charge in [0.15, 0.2) is 0 Å². The molecule has 0 aliphatic rings. The molecule has 2 aromatic heterocycles. The highest BCUT2D eigenvalue weighted by Gasteiger charge is 2.06. The van der Waals surface area contributed by atoms with Crippen molar-refractivity contribution in [3.8, 4) is 11.3 Å². The molecule has 0 spiro atoms. The Morgan fingerprint density at radius 1 is 1.41 bits per heavy atom. The van der Waals surface area contributed by atoms with Gasteiger partial charge in [0.2, 0.25) is 0 Å². The van der Waals surface area contributed by atoms with Crippen LogP contribution in [0.2, 0.25) is 0 Å². The third kappa shape index (κ3) is 2.75. The van der Waals surface area contributed by atoms with Crippen molar-refractivity contribution in [3.05, 3.63) is 49.0 Å². The van der Waals surface area contributed by atoms with E-state index in [2.05, 4.69) is 23.8 Å². The van der Waals surface area contributed by atoms with Crippen molar-refractivity contribution in [1.82, 2.24) is 10.3 Å². The van der Waals surface area contributed by atoms with Crippen LogP contribution in [-0.4, -0.2) is 11.5 Å². The Hall–Kier alpha value is -2.03. The van der Waals surface area contributed by atoms with Gasteiger partial charge in [0, 0.05) is 24.5 Å². The maximum absolute atomic E-state index is 5.73. The second kappa shape index (κ2) is 5.34. The molecule has 0 aliphatic carbocycles. The maximum atomic E-state index is 5.73. The fraction of sp³-hybridized carbons (Fsp3) is 0.214. The molecule has 0 unspecified atom stereocenters. The van der Waals surface area contributed by atoms with E-state index in [1.807, 2.05) is 24.3 Å². The van der Waals surface area contributed by atoms with Crippen molar-refractivity contribution in [2.24, 2.45) is 0 Å². The van der Waals surface area contributed by atoms with Crippen LogP contribution in [0.25, 0.3) is 17.0 Å². The zero-order chi connectivity index (χ0) is 12.1. The summed E-state index contributed by atoms with van der Waals surface area (Å²) in [5, 5.41) is 3.21. The molecule has 0 atom stereocenters. The normalized spacial score (nSPS) is 10.2. The first kappa shape index (κ1) is 11.5. The highest BCUT2D eigenvalue weighted by atomic mass is 16.3. The van der Waals surface area contributed by atoms with E-state index < -0.39 is 0 Å². The Morgan fingerprint density at radius 2 is 2.29 bits per heavy atom. The van der Waals surface area contributed by atoms with Gasteiger partial charge in [0.25, 0.3) is 0 Å². The smallest absolute Gasteiger partial charge is 0.150 e. The predicted octanol–water partition coefficient (Wildman–Crippen LogP) is 3.31. The van der Waals surface area contributed by atoms with Crippen molar-refractivity contribution in [1.29, 1.82) is 0 Å². The summed E-state index contributed by atoms with van der Waals surface area (Å²) in [6, 6.07) is 7.72. The van der Waals surface area contributed by atoms with Crippen LogP contribution in [0.1, 0.15) is 19.1 Å². The highest BCUT2D eigenvalue weighted by Crippen LogP contribution is 2.23. The second-order valence-corrected chi connectivity index (χ2v) is 3.81. The molecule has 0 fully saturated rings. The van der Waals surface area contributed by atoms with Crippen LogP contribution in [0.3, 0.4) is 0 Å². The molecule has 1 N–H and O–H groups in total. The molecule has 0 bridgehead atoms. The molecule has 0 radical (unpaired) electrons. The first-order valence-electron chi connectivity index (χ1n) is 5.74. The predicted molar refractivity (Wildman–Crippen MR) is 69.3 cm³/mol. The molecule has 0 saturated heterocycles. The Kier molecular flexibility index (Phi) is 3.60. The summed E-state index contributed by atoms with van der Waals surface area (Å²) >= 11 is 0. The highest BCUT2D eigenvalue weighted by molar-refractivity contribution is 5.62. The van der Waals surface area contributed by atoms with Crippen LogP contribution in [0.4, 0.5) is 0 Å². The molecule has 2 rings (SSSR count). The number of rotatable bonds is 5. The van der Waals surface area contributed by atoms with Crippen LogP contribution in [0.15, 0.2) is 47.7 Å². The van der Waals surface area contributed by atoms with E-state index in [-0.39, 0.29) is 0 Å². The fourth-order valence-electron chi connectivity index (χ4n) is 1.53. The molecule has 3 heteroatoms. The summed E-state index contributed by atoms with van der Waals surface area (Å²) in [6.45, 7) is 6.97. The fourth-order valence-corrected chi connectivity index (χ4v) is 1.53. The van der Waals surface area contributed by atoms with E-state index >= 15 is 0 Å². The van der Waals surface area contributed by atoms with E-state index in [1.165, 1.54) is 0 Å². The van der Waals surface area contributed by atoms with Gasteiger partial charge < -0.3 is 9.73 Å². The van der Waals surface area contributed by atoms with Gasteiger partial charge in [0.1, 0.15) is 11.5 Å². The molecule has 0 aromatic carbocycles. The van der Waals surface area contributed by atoms with Crippen LogP contribution >= 0.6 is 0 Å². The summed E-state index contributed by atoms with van der Waals surface area (Å²) in [7, 11) is 0. The Bertz CT molecular complexity index is 488. The summed E-state index contributed by atoms with van der Waals surface area (Å²) < 4.78 is 5.73. The third-order valence-electron chi connectivity index (χ3n) is 2.44. The second-order valence-electron chi connectivity index (χ2n) is 3.81. The Labute approximate surface area is 101 Å². The quantitative estimate of drug-likeness (QED) is 0.853. The molecule has 88 valence electrons. The monoisotopic (exact) mass is 228 g/mol. The topological polar surface area (TPSA) is 38.1 Å². The van der Waals surface area contributed by atoms with E-state index in [9.17, 15) is 0 Å². The molecule has 3 nitrogen and oxygen atoms in total. The van der Waals surface area contributed by atoms with E-state index in [4.69, 9.17) is 4.42 Å². The lowest BCUT2D eigenvalue weighted by Gasteiger charge is -2.04. The number of hydrogen-bond donors (Lipinski definition) is 1. The van der Waals surface area contributed by atoms with Crippen molar-refractivity contribution in [3.63, 3.8) is 0 Å². The van der Waals surface area contributed by atoms with Crippen LogP contribution < -0.4 is 5.32 Å². The number of pyridine rings is 1. The average Bonchev–Trinajstić information content (AvgIpc) is 2.86. The minimum absolute atomic E-state index is 0.775. The van der Waals surface area contributed by atoms with Crippen molar-refractivity contribution in [2.75, 3.05) is 6.54 Å². The van der Waals surface area contributed by atoms with E-state index in [1.54, 1.807) is 12.4 Å². The minimum atomic E-state index is 0.775. The average molecular weight is 228 g/mol. The zero-order valence-corrected chi connectivity index (χ0v) is 9.94. The summed E-state index contributed by atoms with van der Waals surface area (Å²) in [4.78, 5) is 4.07. The molecule has 0 aliphatic heterocycles. The molecular weight excluding hydrogens is 212 g/mol. The summed E-state index contributed by atoms with van der Waals surface area (Å²) in [6.07, 6.45) is 4.59. The first-order valence-corrected chi connectivity index (χ1v) is 5.74. The van der Waals surface area contributed by atoms with E-state index in [0.29, 0.717) is 0 Å². The molecule has 2 aromatic rings. The van der Waals surface area contributed by atoms with Gasteiger partial charge in [-0.2, -0.15) is 0 Å². The van der Waals surface area contributed by atoms with Gasteiger partial charge in [-0.25, -0.2) is 0 Å². The first-order chi connectivity index (χ1) is 8.31. The lowest BCUT2D eigenvalue weighted by molar-refractivity contribution is 0.560. The number of furan rings is 1. The van der Waals surface area contributed by atoms with Gasteiger partial charge in [-0.3, -0.25) is 4.98 Å². The number of nitrogens with one attached hydrogen (secondary N) is 1. The summed E-state index contributed by atoms with van der Waals surface area (Å²) in [5.41, 5.74) is 1.80. The standard InChI is InChI=1S/C14H16N2O/c1-3-8-16-11(2)13-6-7-14(17-13)12-5-4-9-15-10-12/h4-7,9-10,16H,2-3,8H2,1H3. The number of hydrogen-bond acceptors (Lipinski definition) is 3. The minimum Gasteiger partial charge on any atom is -0.455 e. The Balaban J connectivity index is 2.14. The van der Waals surface area contributed by atoms with Crippen molar-refractivity contribution in [2.45, 2.75) is 13.3 Å². The van der Waals surface area contributed by atoms with Gasteiger partial charge in [-0.05, 0) is 30.7 Å². The molecular formula is C14H16N2O. The van der Waals surface area contributed by atoms with Crippen LogP contribution in [-0.2, 0) is 0 Å². The zero-order valence-electron chi connectivity index (χ0n) is 9.94. The molecule has 0 saturated carbocycles. The van der Waals surface area contributed by atoms with Gasteiger partial charge in [-0.15, -0.1) is 0 Å². The third-order valence-corrected chi connectivity index (χ3v) is 2.44. The van der Waals surface area contributed by atoms with Gasteiger partial charge in [-0.1, -0.05) is 13.5 Å². The van der Waals surface area contributed by atoms with Crippen molar-refractivity contribution < 1.29 is 4.42 Å². The SMILES string of the molecule is C=C(NCCC)c1ccc(-c2cccnc2)o1. The van der Waals surface area contributed by atoms with Gasteiger partial charge in [0.05, 0.1) is 5.70 Å². The lowest BCUT2D eigenvalue weighted by Crippen LogP contribution is -2.11. The molecule has 2 heterocycles. The van der Waals surface area contributed by atoms with Crippen molar-refractivity contribution >= 4 is 5.70 Å². The number of aromatic nitrogens is 1. The van der Waals surface area contributed by atoms with Crippen LogP contribution in [0, 0.1) is 0 Å². The lowest BCUT2D eigenvalue weighted by atomic mass is 10.2. The van der Waals surface area contributed by atoms with Crippen LogP contribution in [0.5, 0.6) is 0 Å². The van der Waals surface area contributed by atoms with E-state index in [0.717, 1.165) is 35.7 Å². The summed E-state index contributed by atoms with van der Waals surface area (Å²) in [5.74, 6) is 1.59.